The molecular formula is C12H11F5N2O. The van der Waals surface area contributed by atoms with Crippen LogP contribution in [0.25, 0.3) is 0 Å². The van der Waals surface area contributed by atoms with Gasteiger partial charge in [0.1, 0.15) is 0 Å². The standard InChI is InChI=1S/C12H11F5N2O/c13-11(14,12(15,16)17)10(20)19-9-2-1-7-3-4-18-6-8(7)5-9/h1-2,5,18H,3-4,6H2,(H,19,20). The Labute approximate surface area is 111 Å². The first-order chi connectivity index (χ1) is 9.22. The van der Waals surface area contributed by atoms with Crippen LogP contribution in [0.4, 0.5) is 27.6 Å². The van der Waals surface area contributed by atoms with Crippen LogP contribution < -0.4 is 10.6 Å². The highest BCUT2D eigenvalue weighted by Crippen LogP contribution is 2.36. The van der Waals surface area contributed by atoms with Crippen LogP contribution in [0.15, 0.2) is 18.2 Å². The molecule has 2 rings (SSSR count). The van der Waals surface area contributed by atoms with Gasteiger partial charge in [-0.25, -0.2) is 0 Å². The number of hydrogen-bond acceptors (Lipinski definition) is 2. The number of carbonyl (C=O) groups is 1. The Kier molecular flexibility index (Phi) is 3.68. The average molecular weight is 294 g/mol. The van der Waals surface area contributed by atoms with Crippen molar-refractivity contribution in [1.82, 2.24) is 5.32 Å². The minimum Gasteiger partial charge on any atom is -0.321 e. The number of fused-ring (bicyclic) bond motifs is 1. The summed E-state index contributed by atoms with van der Waals surface area (Å²) in [5.74, 6) is -7.80. The van der Waals surface area contributed by atoms with Gasteiger partial charge in [0.15, 0.2) is 0 Å². The van der Waals surface area contributed by atoms with Crippen LogP contribution in [0, 0.1) is 0 Å². The molecule has 8 heteroatoms. The number of hydrogen-bond donors (Lipinski definition) is 2. The van der Waals surface area contributed by atoms with Gasteiger partial charge in [-0.3, -0.25) is 4.79 Å². The summed E-state index contributed by atoms with van der Waals surface area (Å²) in [5, 5.41) is 4.64. The third-order valence-corrected chi connectivity index (χ3v) is 2.99. The number of carbonyl (C=O) groups excluding carboxylic acids is 1. The van der Waals surface area contributed by atoms with E-state index in [1.165, 1.54) is 12.1 Å². The lowest BCUT2D eigenvalue weighted by Gasteiger charge is -2.20. The van der Waals surface area contributed by atoms with Crippen LogP contribution in [0.1, 0.15) is 11.1 Å². The van der Waals surface area contributed by atoms with Crippen molar-refractivity contribution >= 4 is 11.6 Å². The monoisotopic (exact) mass is 294 g/mol. The summed E-state index contributed by atoms with van der Waals surface area (Å²) in [5.41, 5.74) is 1.66. The largest absolute Gasteiger partial charge is 0.463 e. The van der Waals surface area contributed by atoms with E-state index >= 15 is 0 Å². The van der Waals surface area contributed by atoms with Crippen molar-refractivity contribution in [3.8, 4) is 0 Å². The third kappa shape index (κ3) is 2.74. The molecule has 1 aliphatic rings. The number of amides is 1. The molecule has 0 saturated heterocycles. The Morgan fingerprint density at radius 3 is 2.50 bits per heavy atom. The van der Waals surface area contributed by atoms with Gasteiger partial charge in [-0.05, 0) is 36.2 Å². The summed E-state index contributed by atoms with van der Waals surface area (Å²) in [6.45, 7) is 1.25. The van der Waals surface area contributed by atoms with E-state index in [4.69, 9.17) is 0 Å². The van der Waals surface area contributed by atoms with Gasteiger partial charge in [0, 0.05) is 12.2 Å². The lowest BCUT2D eigenvalue weighted by molar-refractivity contribution is -0.267. The number of rotatable bonds is 2. The fraction of sp³-hybridized carbons (Fsp3) is 0.417. The van der Waals surface area contributed by atoms with E-state index in [0.29, 0.717) is 6.54 Å². The molecule has 0 saturated carbocycles. The smallest absolute Gasteiger partial charge is 0.321 e. The summed E-state index contributed by atoms with van der Waals surface area (Å²) in [4.78, 5) is 11.1. The first-order valence-electron chi connectivity index (χ1n) is 5.80. The van der Waals surface area contributed by atoms with Gasteiger partial charge in [-0.15, -0.1) is 0 Å². The summed E-state index contributed by atoms with van der Waals surface area (Å²) in [7, 11) is 0. The predicted molar refractivity (Wildman–Crippen MR) is 61.5 cm³/mol. The molecule has 1 aromatic carbocycles. The van der Waals surface area contributed by atoms with Crippen molar-refractivity contribution in [3.05, 3.63) is 29.3 Å². The maximum Gasteiger partial charge on any atom is 0.463 e. The van der Waals surface area contributed by atoms with E-state index in [0.717, 1.165) is 24.1 Å². The van der Waals surface area contributed by atoms with E-state index in [9.17, 15) is 26.7 Å². The molecule has 3 nitrogen and oxygen atoms in total. The Hall–Kier alpha value is -1.70. The van der Waals surface area contributed by atoms with Gasteiger partial charge in [0.05, 0.1) is 0 Å². The Balaban J connectivity index is 2.16. The Morgan fingerprint density at radius 2 is 1.85 bits per heavy atom. The molecule has 1 aromatic rings. The fourth-order valence-electron chi connectivity index (χ4n) is 1.90. The molecule has 0 unspecified atom stereocenters. The highest BCUT2D eigenvalue weighted by molar-refractivity contribution is 5.96. The zero-order valence-corrected chi connectivity index (χ0v) is 10.2. The summed E-state index contributed by atoms with van der Waals surface area (Å²) in [6.07, 6.45) is -5.17. The van der Waals surface area contributed by atoms with Crippen molar-refractivity contribution in [2.24, 2.45) is 0 Å². The van der Waals surface area contributed by atoms with E-state index < -0.39 is 18.0 Å². The summed E-state index contributed by atoms with van der Waals surface area (Å²) >= 11 is 0. The molecule has 0 aliphatic carbocycles. The minimum atomic E-state index is -5.91. The van der Waals surface area contributed by atoms with Crippen LogP contribution >= 0.6 is 0 Å². The highest BCUT2D eigenvalue weighted by atomic mass is 19.4. The predicted octanol–water partition coefficient (Wildman–Crippen LogP) is 2.47. The molecule has 1 amide bonds. The first kappa shape index (κ1) is 14.7. The Morgan fingerprint density at radius 1 is 1.15 bits per heavy atom. The number of anilines is 1. The van der Waals surface area contributed by atoms with E-state index in [1.54, 1.807) is 11.4 Å². The van der Waals surface area contributed by atoms with Crippen molar-refractivity contribution in [2.45, 2.75) is 25.1 Å². The van der Waals surface area contributed by atoms with Gasteiger partial charge in [0.2, 0.25) is 0 Å². The molecule has 0 radical (unpaired) electrons. The molecule has 0 atom stereocenters. The summed E-state index contributed by atoms with van der Waals surface area (Å²) in [6, 6.07) is 4.32. The van der Waals surface area contributed by atoms with Crippen molar-refractivity contribution in [2.75, 3.05) is 11.9 Å². The van der Waals surface area contributed by atoms with Crippen LogP contribution in [-0.2, 0) is 17.8 Å². The van der Waals surface area contributed by atoms with Crippen molar-refractivity contribution in [1.29, 1.82) is 0 Å². The molecule has 110 valence electrons. The van der Waals surface area contributed by atoms with Gasteiger partial charge in [0.25, 0.3) is 0 Å². The molecule has 1 heterocycles. The molecule has 0 aromatic heterocycles. The number of halogens is 5. The van der Waals surface area contributed by atoms with Crippen molar-refractivity contribution in [3.63, 3.8) is 0 Å². The quantitative estimate of drug-likeness (QED) is 0.823. The SMILES string of the molecule is O=C(Nc1ccc2c(c1)CNCC2)C(F)(F)C(F)(F)F. The first-order valence-corrected chi connectivity index (χ1v) is 5.80. The molecule has 2 N–H and O–H groups in total. The summed E-state index contributed by atoms with van der Waals surface area (Å²) < 4.78 is 61.7. The molecule has 1 aliphatic heterocycles. The maximum atomic E-state index is 12.8. The zero-order valence-electron chi connectivity index (χ0n) is 10.2. The third-order valence-electron chi connectivity index (χ3n) is 2.99. The minimum absolute atomic E-state index is 0.0821. The van der Waals surface area contributed by atoms with E-state index in [-0.39, 0.29) is 5.69 Å². The number of benzene rings is 1. The van der Waals surface area contributed by atoms with Crippen molar-refractivity contribution < 1.29 is 26.7 Å². The molecule has 20 heavy (non-hydrogen) atoms. The van der Waals surface area contributed by atoms with Crippen LogP contribution in [0.3, 0.4) is 0 Å². The second-order valence-corrected chi connectivity index (χ2v) is 4.44. The van der Waals surface area contributed by atoms with Gasteiger partial charge in [-0.2, -0.15) is 22.0 Å². The van der Waals surface area contributed by atoms with Crippen LogP contribution in [0.5, 0.6) is 0 Å². The topological polar surface area (TPSA) is 41.1 Å². The molecule has 0 spiro atoms. The van der Waals surface area contributed by atoms with E-state index in [1.807, 2.05) is 0 Å². The normalized spacial score (nSPS) is 15.7. The van der Waals surface area contributed by atoms with Crippen LogP contribution in [-0.4, -0.2) is 24.6 Å². The van der Waals surface area contributed by atoms with Gasteiger partial charge >= 0.3 is 18.0 Å². The Bertz CT molecular complexity index is 527. The van der Waals surface area contributed by atoms with Gasteiger partial charge in [-0.1, -0.05) is 6.07 Å². The lowest BCUT2D eigenvalue weighted by atomic mass is 10.0. The second-order valence-electron chi connectivity index (χ2n) is 4.44. The average Bonchev–Trinajstić information content (AvgIpc) is 2.37. The number of alkyl halides is 5. The highest BCUT2D eigenvalue weighted by Gasteiger charge is 2.63. The fourth-order valence-corrected chi connectivity index (χ4v) is 1.90. The maximum absolute atomic E-state index is 12.8. The zero-order chi connectivity index (χ0) is 15.0. The lowest BCUT2D eigenvalue weighted by Crippen LogP contribution is -2.47. The second kappa shape index (κ2) is 5.01. The molecule has 0 bridgehead atoms. The van der Waals surface area contributed by atoms with Gasteiger partial charge < -0.3 is 10.6 Å². The molecular weight excluding hydrogens is 283 g/mol. The van der Waals surface area contributed by atoms with E-state index in [2.05, 4.69) is 5.32 Å². The molecule has 0 fully saturated rings. The van der Waals surface area contributed by atoms with Crippen LogP contribution in [0.2, 0.25) is 0 Å². The number of nitrogens with one attached hydrogen (secondary N) is 2.